The van der Waals surface area contributed by atoms with Gasteiger partial charge in [-0.05, 0) is 0 Å². The molecule has 336 valence electrons. The van der Waals surface area contributed by atoms with Crippen LogP contribution >= 0.6 is 0 Å². The van der Waals surface area contributed by atoms with Crippen LogP contribution in [0, 0.1) is 51.4 Å². The Labute approximate surface area is 460 Å². The molecule has 0 aliphatic heterocycles. The molecule has 0 spiro atoms. The predicted octanol–water partition coefficient (Wildman–Crippen LogP) is 7.59. The van der Waals surface area contributed by atoms with Crippen molar-refractivity contribution < 1.29 is 86.9 Å². The van der Waals surface area contributed by atoms with Crippen molar-refractivity contribution in [3.05, 3.63) is 296 Å². The zero-order chi connectivity index (χ0) is 45.3. The van der Waals surface area contributed by atoms with Crippen LogP contribution in [-0.2, 0) is 86.9 Å². The van der Waals surface area contributed by atoms with E-state index in [4.69, 9.17) is 0 Å². The van der Waals surface area contributed by atoms with Crippen LogP contribution in [0.25, 0.3) is 0 Å². The molecule has 0 aromatic carbocycles. The number of rotatable bonds is 0. The van der Waals surface area contributed by atoms with Gasteiger partial charge in [0, 0.05) is 138 Å². The van der Waals surface area contributed by atoms with Crippen LogP contribution in [-0.4, -0.2) is 81.6 Å². The average Bonchev–Trinajstić information content (AvgIpc) is 4.27. The molecular weight excluding hydrogens is 992 g/mol. The smallest absolute Gasteiger partial charge is 0.135 e. The minimum atomic E-state index is 0. The molecule has 4 aromatic heterocycles. The van der Waals surface area contributed by atoms with Gasteiger partial charge in [-0.15, -0.1) is 81.6 Å². The molecule has 8 aliphatic carbocycles. The van der Waals surface area contributed by atoms with E-state index in [1.807, 2.05) is 246 Å². The average molecular weight is 1040 g/mol. The maximum atomic E-state index is 3.36. The molecule has 0 unspecified atom stereocenters. The van der Waals surface area contributed by atoms with Gasteiger partial charge in [-0.1, -0.05) is 194 Å². The summed E-state index contributed by atoms with van der Waals surface area (Å²) in [5.74, 6) is 0. The molecule has 68 heavy (non-hydrogen) atoms. The fraction of sp³-hybridized carbons (Fsp3) is 0. The van der Waals surface area contributed by atoms with Crippen LogP contribution in [0.4, 0.5) is 0 Å². The molecule has 8 radical (unpaired) electrons. The first-order valence-electron chi connectivity index (χ1n) is 19.1. The first-order chi connectivity index (χ1) is 32.0. The van der Waals surface area contributed by atoms with Crippen molar-refractivity contribution in [2.75, 3.05) is 0 Å². The van der Waals surface area contributed by atoms with Crippen molar-refractivity contribution in [1.82, 2.24) is 81.6 Å². The molecule has 0 amide bonds. The topological polar surface area (TPSA) is 206 Å². The minimum absolute atomic E-state index is 0. The molecule has 4 heterocycles. The van der Waals surface area contributed by atoms with Gasteiger partial charge in [0.15, 0.2) is 50.6 Å². The molecule has 0 fully saturated rings. The second-order valence-electron chi connectivity index (χ2n) is 10.5. The third-order valence-corrected chi connectivity index (χ3v) is 5.80. The van der Waals surface area contributed by atoms with Crippen LogP contribution in [0.3, 0.4) is 0 Å². The Morgan fingerprint density at radius 2 is 0.176 bits per heavy atom. The van der Waals surface area contributed by atoms with Gasteiger partial charge < -0.3 is 0 Å². The predicted molar refractivity (Wildman–Crippen MR) is 251 cm³/mol. The van der Waals surface area contributed by atoms with Crippen LogP contribution < -0.4 is 0 Å². The Balaban J connectivity index is -0.000000327. The Hall–Kier alpha value is -5.54. The molecule has 0 N–H and O–H groups in total. The third kappa shape index (κ3) is 62.5. The first-order valence-corrected chi connectivity index (χ1v) is 19.1. The molecule has 0 saturated carbocycles. The van der Waals surface area contributed by atoms with E-state index in [9.17, 15) is 0 Å². The van der Waals surface area contributed by atoms with E-state index in [0.717, 1.165) is 0 Å². The van der Waals surface area contributed by atoms with Crippen LogP contribution in [0.5, 0.6) is 0 Å². The van der Waals surface area contributed by atoms with Gasteiger partial charge in [-0.25, -0.2) is 0 Å². The Kier molecular flexibility index (Phi) is 66.7. The second-order valence-corrected chi connectivity index (χ2v) is 10.5. The van der Waals surface area contributed by atoms with Crippen LogP contribution in [0.2, 0.25) is 0 Å². The molecule has 16 nitrogen and oxygen atoms in total. The fourth-order valence-corrected chi connectivity index (χ4v) is 3.23. The van der Waals surface area contributed by atoms with E-state index in [0.29, 0.717) is 0 Å². The van der Waals surface area contributed by atoms with Crippen molar-refractivity contribution in [1.29, 1.82) is 0 Å². The Morgan fingerprint density at radius 3 is 0.206 bits per heavy atom. The quantitative estimate of drug-likeness (QED) is 0.156. The summed E-state index contributed by atoms with van der Waals surface area (Å²) >= 11 is 0. The Bertz CT molecular complexity index is 1510. The minimum Gasteiger partial charge on any atom is -0.135 e. The zero-order valence-electron chi connectivity index (χ0n) is 36.9. The van der Waals surface area contributed by atoms with Gasteiger partial charge in [0.1, 0.15) is 0 Å². The van der Waals surface area contributed by atoms with Gasteiger partial charge in [0.05, 0.1) is 0 Å². The number of hydrogen-bond donors (Lipinski definition) is 0. The summed E-state index contributed by atoms with van der Waals surface area (Å²) in [6, 6.07) is 0. The van der Waals surface area contributed by atoms with Gasteiger partial charge in [-0.2, -0.15) is 0 Å². The molecular formula is C48H48N16Ti4. The van der Waals surface area contributed by atoms with Gasteiger partial charge in [0.25, 0.3) is 0 Å². The van der Waals surface area contributed by atoms with Crippen molar-refractivity contribution >= 4 is 0 Å². The summed E-state index contributed by atoms with van der Waals surface area (Å²) in [6.07, 6.45) is 90.2. The molecule has 20 heteroatoms. The van der Waals surface area contributed by atoms with E-state index < -0.39 is 0 Å². The number of allylic oxidation sites excluding steroid dienone is 32. The molecule has 12 rings (SSSR count). The molecule has 0 saturated heterocycles. The SMILES string of the molecule is [CH]1C=CC=C1.[CH]1C=CC=C1.[CH]1C=CC=C1.[CH]1C=CC=C1.[CH]1C=CC=C1.[CH]1C=CC=C1.[CH]1C=CC=C1.[CH]1C=CC=C1.[Ti].[Ti].[Ti].[Ti].c1nncnn1.c1nncnn1.c1nncnn1.c1nncnn1. The first kappa shape index (κ1) is 69.0. The summed E-state index contributed by atoms with van der Waals surface area (Å²) in [5, 5.41) is 53.8. The molecule has 4 aromatic rings. The van der Waals surface area contributed by atoms with E-state index >= 15 is 0 Å². The van der Waals surface area contributed by atoms with Gasteiger partial charge >= 0.3 is 0 Å². The normalized spacial score (nSPS) is 13.2. The molecule has 8 aliphatic rings. The van der Waals surface area contributed by atoms with E-state index in [1.165, 1.54) is 50.6 Å². The van der Waals surface area contributed by atoms with Crippen molar-refractivity contribution in [3.63, 3.8) is 0 Å². The van der Waals surface area contributed by atoms with Crippen LogP contribution in [0.15, 0.2) is 245 Å². The van der Waals surface area contributed by atoms with Crippen LogP contribution in [0.1, 0.15) is 0 Å². The number of nitrogens with zero attached hydrogens (tertiary/aromatic N) is 16. The standard InChI is InChI=1S/8C5H5.4C2H2N4.4Ti/c8*1-2-4-5-3-1;4*1-3-5-2-6-4-1;;;;/h8*1-5H;4*1-2H;;;;. The monoisotopic (exact) mass is 1040 g/mol. The third-order valence-electron chi connectivity index (χ3n) is 5.80. The van der Waals surface area contributed by atoms with Crippen molar-refractivity contribution in [2.45, 2.75) is 0 Å². The number of hydrogen-bond acceptors (Lipinski definition) is 16. The summed E-state index contributed by atoms with van der Waals surface area (Å²) < 4.78 is 0. The molecule has 0 bridgehead atoms. The van der Waals surface area contributed by atoms with E-state index in [2.05, 4.69) is 81.6 Å². The fourth-order valence-electron chi connectivity index (χ4n) is 3.23. The van der Waals surface area contributed by atoms with Crippen molar-refractivity contribution in [3.8, 4) is 0 Å². The van der Waals surface area contributed by atoms with E-state index in [-0.39, 0.29) is 86.9 Å². The summed E-state index contributed by atoms with van der Waals surface area (Å²) in [6.45, 7) is 0. The Morgan fingerprint density at radius 1 is 0.103 bits per heavy atom. The van der Waals surface area contributed by atoms with E-state index in [1.54, 1.807) is 0 Å². The zero-order valence-corrected chi connectivity index (χ0v) is 43.1. The summed E-state index contributed by atoms with van der Waals surface area (Å²) in [5.41, 5.74) is 0. The summed E-state index contributed by atoms with van der Waals surface area (Å²) in [7, 11) is 0. The van der Waals surface area contributed by atoms with Gasteiger partial charge in [0.2, 0.25) is 0 Å². The number of aromatic nitrogens is 16. The maximum Gasteiger partial charge on any atom is 0.160 e. The summed E-state index contributed by atoms with van der Waals surface area (Å²) in [4.78, 5) is 0. The van der Waals surface area contributed by atoms with Crippen molar-refractivity contribution in [2.24, 2.45) is 0 Å². The molecule has 0 atom stereocenters. The largest absolute Gasteiger partial charge is 0.160 e. The second kappa shape index (κ2) is 65.7. The van der Waals surface area contributed by atoms with Gasteiger partial charge in [-0.3, -0.25) is 0 Å². The maximum absolute atomic E-state index is 3.36.